The number of nitrogens with one attached hydrogen (secondary N) is 1. The van der Waals surface area contributed by atoms with Crippen LogP contribution in [0.2, 0.25) is 0 Å². The lowest BCUT2D eigenvalue weighted by Gasteiger charge is -2.29. The SMILES string of the molecule is CCc1nn(C)cc1NC(=O)C1(CN)CCCCCC1. The van der Waals surface area contributed by atoms with Crippen LogP contribution in [0.4, 0.5) is 5.69 Å². The molecule has 0 aromatic carbocycles. The number of anilines is 1. The van der Waals surface area contributed by atoms with E-state index in [0.29, 0.717) is 6.54 Å². The largest absolute Gasteiger partial charge is 0.329 e. The quantitative estimate of drug-likeness (QED) is 0.829. The summed E-state index contributed by atoms with van der Waals surface area (Å²) in [6, 6.07) is 0. The maximum atomic E-state index is 12.7. The molecule has 1 aromatic rings. The molecule has 1 fully saturated rings. The van der Waals surface area contributed by atoms with E-state index in [1.165, 1.54) is 12.8 Å². The zero-order valence-corrected chi connectivity index (χ0v) is 12.6. The Balaban J connectivity index is 2.16. The molecule has 0 unspecified atom stereocenters. The van der Waals surface area contributed by atoms with E-state index in [2.05, 4.69) is 10.4 Å². The van der Waals surface area contributed by atoms with Crippen molar-refractivity contribution in [1.29, 1.82) is 0 Å². The summed E-state index contributed by atoms with van der Waals surface area (Å²) in [6.07, 6.45) is 9.10. The Bertz CT molecular complexity index is 458. The van der Waals surface area contributed by atoms with Gasteiger partial charge < -0.3 is 11.1 Å². The van der Waals surface area contributed by atoms with Crippen LogP contribution in [0.15, 0.2) is 6.20 Å². The second kappa shape index (κ2) is 6.39. The topological polar surface area (TPSA) is 72.9 Å². The number of nitrogens with two attached hydrogens (primary N) is 1. The molecule has 0 saturated heterocycles. The molecular weight excluding hydrogens is 252 g/mol. The lowest BCUT2D eigenvalue weighted by molar-refractivity contribution is -0.125. The first-order chi connectivity index (χ1) is 9.61. The Kier molecular flexibility index (Phi) is 4.81. The van der Waals surface area contributed by atoms with E-state index < -0.39 is 5.41 Å². The fourth-order valence-electron chi connectivity index (χ4n) is 3.08. The monoisotopic (exact) mass is 278 g/mol. The molecule has 0 bridgehead atoms. The zero-order chi connectivity index (χ0) is 14.6. The third-order valence-electron chi connectivity index (χ3n) is 4.42. The van der Waals surface area contributed by atoms with E-state index >= 15 is 0 Å². The van der Waals surface area contributed by atoms with Crippen molar-refractivity contribution in [3.05, 3.63) is 11.9 Å². The van der Waals surface area contributed by atoms with Crippen molar-refractivity contribution in [3.8, 4) is 0 Å². The Morgan fingerprint density at radius 1 is 1.40 bits per heavy atom. The first-order valence-electron chi connectivity index (χ1n) is 7.65. The van der Waals surface area contributed by atoms with Gasteiger partial charge in [-0.25, -0.2) is 0 Å². The highest BCUT2D eigenvalue weighted by atomic mass is 16.2. The van der Waals surface area contributed by atoms with Crippen molar-refractivity contribution in [2.75, 3.05) is 11.9 Å². The molecule has 3 N–H and O–H groups in total. The van der Waals surface area contributed by atoms with Crippen molar-refractivity contribution < 1.29 is 4.79 Å². The van der Waals surface area contributed by atoms with Gasteiger partial charge in [-0.05, 0) is 19.3 Å². The molecule has 0 radical (unpaired) electrons. The minimum absolute atomic E-state index is 0.0737. The summed E-state index contributed by atoms with van der Waals surface area (Å²) in [5, 5.41) is 7.43. The number of rotatable bonds is 4. The molecule has 0 aliphatic heterocycles. The molecule has 1 aliphatic rings. The number of aromatic nitrogens is 2. The normalized spacial score (nSPS) is 18.6. The molecule has 1 aliphatic carbocycles. The molecule has 20 heavy (non-hydrogen) atoms. The summed E-state index contributed by atoms with van der Waals surface area (Å²) in [7, 11) is 1.87. The molecule has 0 atom stereocenters. The van der Waals surface area contributed by atoms with Crippen LogP contribution in [0.25, 0.3) is 0 Å². The smallest absolute Gasteiger partial charge is 0.231 e. The van der Waals surface area contributed by atoms with E-state index in [1.807, 2.05) is 20.2 Å². The molecule has 2 rings (SSSR count). The third-order valence-corrected chi connectivity index (χ3v) is 4.42. The number of hydrogen-bond acceptors (Lipinski definition) is 3. The lowest BCUT2D eigenvalue weighted by Crippen LogP contribution is -2.42. The summed E-state index contributed by atoms with van der Waals surface area (Å²) < 4.78 is 1.75. The van der Waals surface area contributed by atoms with E-state index in [9.17, 15) is 4.79 Å². The predicted molar refractivity (Wildman–Crippen MR) is 80.4 cm³/mol. The number of nitrogens with zero attached hydrogens (tertiary/aromatic N) is 2. The number of aryl methyl sites for hydroxylation is 2. The van der Waals surface area contributed by atoms with Crippen LogP contribution in [0.1, 0.15) is 51.1 Å². The van der Waals surface area contributed by atoms with E-state index in [-0.39, 0.29) is 5.91 Å². The molecule has 1 amide bonds. The Morgan fingerprint density at radius 3 is 2.60 bits per heavy atom. The van der Waals surface area contributed by atoms with Crippen LogP contribution in [-0.2, 0) is 18.3 Å². The minimum atomic E-state index is -0.392. The van der Waals surface area contributed by atoms with Gasteiger partial charge in [0.05, 0.1) is 16.8 Å². The summed E-state index contributed by atoms with van der Waals surface area (Å²) in [4.78, 5) is 12.7. The maximum Gasteiger partial charge on any atom is 0.231 e. The van der Waals surface area contributed by atoms with Gasteiger partial charge in [-0.15, -0.1) is 0 Å². The highest BCUT2D eigenvalue weighted by Crippen LogP contribution is 2.35. The van der Waals surface area contributed by atoms with E-state index in [1.54, 1.807) is 4.68 Å². The zero-order valence-electron chi connectivity index (χ0n) is 12.6. The first kappa shape index (κ1) is 15.0. The number of amides is 1. The minimum Gasteiger partial charge on any atom is -0.329 e. The Morgan fingerprint density at radius 2 is 2.05 bits per heavy atom. The maximum absolute atomic E-state index is 12.7. The number of carbonyl (C=O) groups excluding carboxylic acids is 1. The van der Waals surface area contributed by atoms with Crippen molar-refractivity contribution in [1.82, 2.24) is 9.78 Å². The summed E-state index contributed by atoms with van der Waals surface area (Å²) in [6.45, 7) is 2.48. The van der Waals surface area contributed by atoms with Gasteiger partial charge in [-0.3, -0.25) is 9.48 Å². The fourth-order valence-corrected chi connectivity index (χ4v) is 3.08. The van der Waals surface area contributed by atoms with Gasteiger partial charge in [-0.2, -0.15) is 5.10 Å². The standard InChI is InChI=1S/C15H26N4O/c1-3-12-13(10-19(2)18-12)17-14(20)15(11-16)8-6-4-5-7-9-15/h10H,3-9,11,16H2,1-2H3,(H,17,20). The van der Waals surface area contributed by atoms with Gasteiger partial charge in [0.15, 0.2) is 0 Å². The molecule has 5 nitrogen and oxygen atoms in total. The van der Waals surface area contributed by atoms with Gasteiger partial charge in [0.25, 0.3) is 0 Å². The molecular formula is C15H26N4O. The second-order valence-electron chi connectivity index (χ2n) is 5.87. The van der Waals surface area contributed by atoms with Crippen molar-refractivity contribution in [2.24, 2.45) is 18.2 Å². The average molecular weight is 278 g/mol. The highest BCUT2D eigenvalue weighted by molar-refractivity contribution is 5.95. The van der Waals surface area contributed by atoms with Crippen LogP contribution in [0.5, 0.6) is 0 Å². The second-order valence-corrected chi connectivity index (χ2v) is 5.87. The van der Waals surface area contributed by atoms with Crippen LogP contribution in [0.3, 0.4) is 0 Å². The lowest BCUT2D eigenvalue weighted by atomic mass is 9.79. The summed E-state index contributed by atoms with van der Waals surface area (Å²) >= 11 is 0. The Labute approximate surface area is 120 Å². The number of carbonyl (C=O) groups is 1. The summed E-state index contributed by atoms with van der Waals surface area (Å²) in [5.41, 5.74) is 7.33. The van der Waals surface area contributed by atoms with Crippen LogP contribution in [0, 0.1) is 5.41 Å². The first-order valence-corrected chi connectivity index (χ1v) is 7.65. The molecule has 112 valence electrons. The van der Waals surface area contributed by atoms with Gasteiger partial charge >= 0.3 is 0 Å². The van der Waals surface area contributed by atoms with Crippen LogP contribution in [-0.4, -0.2) is 22.2 Å². The third kappa shape index (κ3) is 3.03. The van der Waals surface area contributed by atoms with Gasteiger partial charge in [0, 0.05) is 19.8 Å². The van der Waals surface area contributed by atoms with Crippen molar-refractivity contribution in [2.45, 2.75) is 51.9 Å². The molecule has 5 heteroatoms. The predicted octanol–water partition coefficient (Wildman–Crippen LogP) is 2.22. The molecule has 1 heterocycles. The number of hydrogen-bond donors (Lipinski definition) is 2. The fraction of sp³-hybridized carbons (Fsp3) is 0.733. The van der Waals surface area contributed by atoms with Crippen LogP contribution >= 0.6 is 0 Å². The highest BCUT2D eigenvalue weighted by Gasteiger charge is 2.37. The Hall–Kier alpha value is -1.36. The molecule has 1 aromatic heterocycles. The van der Waals surface area contributed by atoms with E-state index in [4.69, 9.17) is 5.73 Å². The van der Waals surface area contributed by atoms with Crippen molar-refractivity contribution in [3.63, 3.8) is 0 Å². The van der Waals surface area contributed by atoms with Gasteiger partial charge in [0.2, 0.25) is 5.91 Å². The van der Waals surface area contributed by atoms with Crippen molar-refractivity contribution >= 4 is 11.6 Å². The molecule has 0 spiro atoms. The average Bonchev–Trinajstić information content (AvgIpc) is 2.66. The van der Waals surface area contributed by atoms with Gasteiger partial charge in [0.1, 0.15) is 0 Å². The summed E-state index contributed by atoms with van der Waals surface area (Å²) in [5.74, 6) is 0.0737. The van der Waals surface area contributed by atoms with Crippen LogP contribution < -0.4 is 11.1 Å². The van der Waals surface area contributed by atoms with Gasteiger partial charge in [-0.1, -0.05) is 32.6 Å². The molecule has 1 saturated carbocycles. The van der Waals surface area contributed by atoms with E-state index in [0.717, 1.165) is 43.5 Å².